The zero-order chi connectivity index (χ0) is 21.0. The topological polar surface area (TPSA) is 219 Å². The van der Waals surface area contributed by atoms with Crippen LogP contribution in [0.2, 0.25) is 0 Å². The second-order valence-corrected chi connectivity index (χ2v) is 7.22. The Hall–Kier alpha value is -4.21. The molecule has 16 heteroatoms. The minimum atomic E-state index is -4.81. The third kappa shape index (κ3) is 2.63. The van der Waals surface area contributed by atoms with Crippen molar-refractivity contribution >= 4 is 44.0 Å². The van der Waals surface area contributed by atoms with Crippen LogP contribution in [0.15, 0.2) is 34.1 Å². The monoisotopic (exact) mass is 411 g/mol. The molecule has 0 bridgehead atoms. The van der Waals surface area contributed by atoms with Gasteiger partial charge < -0.3 is 5.32 Å². The normalized spacial score (nSPS) is 13.6. The Morgan fingerprint density at radius 3 is 1.29 bits per heavy atom. The van der Waals surface area contributed by atoms with E-state index in [0.29, 0.717) is 24.3 Å². The molecule has 3 rings (SSSR count). The van der Waals surface area contributed by atoms with Crippen molar-refractivity contribution in [3.63, 3.8) is 0 Å². The minimum absolute atomic E-state index is 0.490. The summed E-state index contributed by atoms with van der Waals surface area (Å²) >= 11 is 0. The van der Waals surface area contributed by atoms with E-state index in [9.17, 15) is 48.9 Å². The van der Waals surface area contributed by atoms with Gasteiger partial charge in [0.15, 0.2) is 0 Å². The molecule has 1 aliphatic heterocycles. The maximum atomic E-state index is 12.9. The van der Waals surface area contributed by atoms with Crippen molar-refractivity contribution < 1.29 is 28.1 Å². The second kappa shape index (κ2) is 5.91. The molecule has 0 unspecified atom stereocenters. The number of anilines is 2. The summed E-state index contributed by atoms with van der Waals surface area (Å²) in [5, 5.41) is 46.7. The summed E-state index contributed by atoms with van der Waals surface area (Å²) < 4.78 is 25.7. The molecule has 0 atom stereocenters. The maximum absolute atomic E-state index is 12.9. The number of sulfone groups is 1. The van der Waals surface area contributed by atoms with Gasteiger partial charge in [-0.3, -0.25) is 40.5 Å². The van der Waals surface area contributed by atoms with Gasteiger partial charge in [0.25, 0.3) is 11.4 Å². The lowest BCUT2D eigenvalue weighted by molar-refractivity contribution is -0.394. The summed E-state index contributed by atoms with van der Waals surface area (Å²) in [5.41, 5.74) is -5.30. The van der Waals surface area contributed by atoms with E-state index in [0.717, 1.165) is 0 Å². The molecular formula is C12H5N5O10S. The van der Waals surface area contributed by atoms with Gasteiger partial charge in [-0.15, -0.1) is 0 Å². The first-order chi connectivity index (χ1) is 12.9. The number of nitro benzene ring substituents is 4. The highest BCUT2D eigenvalue weighted by Crippen LogP contribution is 2.49. The fraction of sp³-hybridized carbons (Fsp3) is 0. The average molecular weight is 411 g/mol. The molecule has 0 aromatic heterocycles. The molecule has 144 valence electrons. The first-order valence-corrected chi connectivity index (χ1v) is 8.39. The standard InChI is InChI=1S/C12H5N5O10S/c18-14(19)5-1-7(16(22)23)11-9(3-5)28(26,27)10-4-6(15(20)21)2-8(17(24)25)12(10)13-11/h1-4,13H. The van der Waals surface area contributed by atoms with E-state index in [1.165, 1.54) is 0 Å². The van der Waals surface area contributed by atoms with Crippen LogP contribution >= 0.6 is 0 Å². The van der Waals surface area contributed by atoms with Gasteiger partial charge >= 0.3 is 11.4 Å². The summed E-state index contributed by atoms with van der Waals surface area (Å²) in [6.45, 7) is 0. The summed E-state index contributed by atoms with van der Waals surface area (Å²) in [4.78, 5) is 38.4. The Morgan fingerprint density at radius 2 is 1.00 bits per heavy atom. The van der Waals surface area contributed by atoms with E-state index < -0.39 is 73.4 Å². The molecule has 1 aliphatic rings. The number of nitrogens with zero attached hydrogens (tertiary/aromatic N) is 4. The van der Waals surface area contributed by atoms with E-state index in [2.05, 4.69) is 5.32 Å². The van der Waals surface area contributed by atoms with Crippen molar-refractivity contribution in [3.8, 4) is 0 Å². The van der Waals surface area contributed by atoms with Gasteiger partial charge in [-0.25, -0.2) is 8.42 Å². The lowest BCUT2D eigenvalue weighted by Crippen LogP contribution is -2.17. The molecule has 0 saturated carbocycles. The summed E-state index contributed by atoms with van der Waals surface area (Å²) in [7, 11) is -4.81. The van der Waals surface area contributed by atoms with Gasteiger partial charge in [0, 0.05) is 12.1 Å². The molecule has 0 fully saturated rings. The quantitative estimate of drug-likeness (QED) is 0.484. The van der Waals surface area contributed by atoms with Crippen molar-refractivity contribution in [2.24, 2.45) is 0 Å². The molecule has 2 aromatic rings. The van der Waals surface area contributed by atoms with Gasteiger partial charge in [-0.1, -0.05) is 0 Å². The van der Waals surface area contributed by atoms with Gasteiger partial charge in [-0.05, 0) is 0 Å². The molecule has 1 heterocycles. The zero-order valence-electron chi connectivity index (χ0n) is 13.1. The van der Waals surface area contributed by atoms with Crippen molar-refractivity contribution in [2.75, 3.05) is 5.32 Å². The summed E-state index contributed by atoms with van der Waals surface area (Å²) in [5.74, 6) is 0. The van der Waals surface area contributed by atoms with Crippen molar-refractivity contribution in [1.82, 2.24) is 0 Å². The first-order valence-electron chi connectivity index (χ1n) is 6.91. The molecule has 0 amide bonds. The molecular weight excluding hydrogens is 406 g/mol. The third-order valence-corrected chi connectivity index (χ3v) is 5.58. The Morgan fingerprint density at radius 1 is 0.643 bits per heavy atom. The number of fused-ring (bicyclic) bond motifs is 2. The molecule has 2 aromatic carbocycles. The van der Waals surface area contributed by atoms with Gasteiger partial charge in [-0.2, -0.15) is 0 Å². The van der Waals surface area contributed by atoms with Crippen molar-refractivity contribution in [2.45, 2.75) is 9.79 Å². The van der Waals surface area contributed by atoms with Gasteiger partial charge in [0.05, 0.1) is 31.8 Å². The van der Waals surface area contributed by atoms with E-state index in [1.807, 2.05) is 0 Å². The lowest BCUT2D eigenvalue weighted by atomic mass is 10.2. The van der Waals surface area contributed by atoms with Crippen LogP contribution in [-0.4, -0.2) is 28.1 Å². The van der Waals surface area contributed by atoms with E-state index >= 15 is 0 Å². The molecule has 0 saturated heterocycles. The van der Waals surface area contributed by atoms with Crippen LogP contribution in [0, 0.1) is 40.5 Å². The SMILES string of the molecule is O=[N+]([O-])c1cc([N+](=O)[O-])c2c(c1)S(=O)(=O)c1cc([N+](=O)[O-])cc([N+](=O)[O-])c1N2. The van der Waals surface area contributed by atoms with Crippen LogP contribution in [-0.2, 0) is 9.84 Å². The first kappa shape index (κ1) is 18.6. The van der Waals surface area contributed by atoms with Crippen LogP contribution in [0.4, 0.5) is 34.1 Å². The smallest absolute Gasteiger partial charge is 0.300 e. The summed E-state index contributed by atoms with van der Waals surface area (Å²) in [6.07, 6.45) is 0. The average Bonchev–Trinajstić information content (AvgIpc) is 2.59. The van der Waals surface area contributed by atoms with Crippen molar-refractivity contribution in [3.05, 3.63) is 64.7 Å². The summed E-state index contributed by atoms with van der Waals surface area (Å²) in [6, 6.07) is 2.03. The van der Waals surface area contributed by atoms with Crippen LogP contribution in [0.5, 0.6) is 0 Å². The molecule has 15 nitrogen and oxygen atoms in total. The second-order valence-electron chi connectivity index (χ2n) is 5.33. The van der Waals surface area contributed by atoms with E-state index in [1.54, 1.807) is 0 Å². The zero-order valence-corrected chi connectivity index (χ0v) is 13.9. The molecule has 0 spiro atoms. The van der Waals surface area contributed by atoms with Crippen LogP contribution in [0.1, 0.15) is 0 Å². The molecule has 0 aliphatic carbocycles. The number of non-ortho nitro benzene ring substituents is 2. The molecule has 1 N–H and O–H groups in total. The number of hydrogen-bond donors (Lipinski definition) is 1. The maximum Gasteiger partial charge on any atom is 0.300 e. The highest BCUT2D eigenvalue weighted by Gasteiger charge is 2.41. The largest absolute Gasteiger partial charge is 0.342 e. The highest BCUT2D eigenvalue weighted by atomic mass is 32.2. The van der Waals surface area contributed by atoms with Gasteiger partial charge in [0.2, 0.25) is 9.84 Å². The van der Waals surface area contributed by atoms with E-state index in [-0.39, 0.29) is 0 Å². The Balaban J connectivity index is 2.45. The molecule has 28 heavy (non-hydrogen) atoms. The van der Waals surface area contributed by atoms with Gasteiger partial charge in [0.1, 0.15) is 21.2 Å². The van der Waals surface area contributed by atoms with Crippen LogP contribution in [0.3, 0.4) is 0 Å². The Bertz CT molecular complexity index is 1130. The fourth-order valence-corrected chi connectivity index (χ4v) is 4.23. The minimum Gasteiger partial charge on any atom is -0.342 e. The molecule has 0 radical (unpaired) electrons. The van der Waals surface area contributed by atoms with Crippen LogP contribution < -0.4 is 5.32 Å². The number of hydrogen-bond acceptors (Lipinski definition) is 11. The fourth-order valence-electron chi connectivity index (χ4n) is 2.59. The number of nitro groups is 4. The number of nitrogens with one attached hydrogen (secondary N) is 1. The van der Waals surface area contributed by atoms with Crippen molar-refractivity contribution in [1.29, 1.82) is 0 Å². The number of rotatable bonds is 4. The Kier molecular flexibility index (Phi) is 3.92. The Labute approximate surface area is 152 Å². The van der Waals surface area contributed by atoms with Crippen LogP contribution in [0.25, 0.3) is 0 Å². The van der Waals surface area contributed by atoms with E-state index in [4.69, 9.17) is 0 Å². The lowest BCUT2D eigenvalue weighted by Gasteiger charge is -2.20. The number of benzene rings is 2. The predicted molar refractivity (Wildman–Crippen MR) is 88.2 cm³/mol. The highest BCUT2D eigenvalue weighted by molar-refractivity contribution is 7.92. The predicted octanol–water partition coefficient (Wildman–Crippen LogP) is 2.21. The third-order valence-electron chi connectivity index (χ3n) is 3.78.